The van der Waals surface area contributed by atoms with Gasteiger partial charge in [-0.3, -0.25) is 14.5 Å². The average Bonchev–Trinajstić information content (AvgIpc) is 3.49. The molecule has 1 aliphatic heterocycles. The lowest BCUT2D eigenvalue weighted by Gasteiger charge is -2.19. The SMILES string of the molecule is Cc1cc(NC(=O)Nc2cc(Oc3ccnc(-c4cnn(C)c4)c3)ccc2F)cc(N2CCC(=O)C2)c1. The summed E-state index contributed by atoms with van der Waals surface area (Å²) in [6.45, 7) is 2.91. The van der Waals surface area contributed by atoms with Crippen LogP contribution in [0.2, 0.25) is 0 Å². The van der Waals surface area contributed by atoms with Crippen molar-refractivity contribution >= 4 is 28.9 Å². The van der Waals surface area contributed by atoms with Gasteiger partial charge in [-0.25, -0.2) is 9.18 Å². The molecule has 0 radical (unpaired) electrons. The molecule has 2 aromatic carbocycles. The molecule has 2 amide bonds. The van der Waals surface area contributed by atoms with Gasteiger partial charge in [0.25, 0.3) is 0 Å². The van der Waals surface area contributed by atoms with Gasteiger partial charge in [0.15, 0.2) is 5.78 Å². The van der Waals surface area contributed by atoms with Crippen molar-refractivity contribution in [2.24, 2.45) is 7.05 Å². The second-order valence-electron chi connectivity index (χ2n) is 8.87. The van der Waals surface area contributed by atoms with Gasteiger partial charge in [-0.1, -0.05) is 0 Å². The predicted molar refractivity (Wildman–Crippen MR) is 139 cm³/mol. The molecule has 9 nitrogen and oxygen atoms in total. The number of hydrogen-bond donors (Lipinski definition) is 2. The topological polar surface area (TPSA) is 101 Å². The molecule has 0 atom stereocenters. The molecule has 1 fully saturated rings. The number of nitrogens with zero attached hydrogens (tertiary/aromatic N) is 4. The summed E-state index contributed by atoms with van der Waals surface area (Å²) in [6, 6.07) is 12.5. The van der Waals surface area contributed by atoms with Crippen molar-refractivity contribution in [1.29, 1.82) is 0 Å². The number of ketones is 1. The van der Waals surface area contributed by atoms with E-state index < -0.39 is 11.8 Å². The van der Waals surface area contributed by atoms with E-state index in [0.29, 0.717) is 42.4 Å². The van der Waals surface area contributed by atoms with Crippen LogP contribution in [0.5, 0.6) is 11.5 Å². The first kappa shape index (κ1) is 24.0. The molecule has 2 N–H and O–H groups in total. The molecule has 0 saturated carbocycles. The van der Waals surface area contributed by atoms with Gasteiger partial charge in [-0.2, -0.15) is 5.10 Å². The quantitative estimate of drug-likeness (QED) is 0.380. The number of ether oxygens (including phenoxy) is 1. The van der Waals surface area contributed by atoms with Crippen molar-refractivity contribution in [3.8, 4) is 22.8 Å². The summed E-state index contributed by atoms with van der Waals surface area (Å²) in [5.74, 6) is 0.431. The fraction of sp³-hybridized carbons (Fsp3) is 0.185. The fourth-order valence-electron chi connectivity index (χ4n) is 4.14. The Hall–Kier alpha value is -4.73. The van der Waals surface area contributed by atoms with Gasteiger partial charge in [0.2, 0.25) is 0 Å². The van der Waals surface area contributed by atoms with Crippen LogP contribution < -0.4 is 20.3 Å². The van der Waals surface area contributed by atoms with E-state index in [1.54, 1.807) is 41.3 Å². The monoisotopic (exact) mass is 500 g/mol. The highest BCUT2D eigenvalue weighted by Gasteiger charge is 2.20. The number of Topliss-reactive ketones (excluding diaryl/α,β-unsaturated/α-hetero) is 1. The van der Waals surface area contributed by atoms with Crippen molar-refractivity contribution in [2.75, 3.05) is 28.6 Å². The van der Waals surface area contributed by atoms with Crippen LogP contribution in [0.3, 0.4) is 0 Å². The van der Waals surface area contributed by atoms with Crippen LogP contribution in [0.4, 0.5) is 26.2 Å². The Morgan fingerprint density at radius 3 is 2.68 bits per heavy atom. The van der Waals surface area contributed by atoms with Gasteiger partial charge in [-0.15, -0.1) is 0 Å². The summed E-state index contributed by atoms with van der Waals surface area (Å²) in [5, 5.41) is 9.44. The first-order valence-electron chi connectivity index (χ1n) is 11.7. The van der Waals surface area contributed by atoms with Crippen molar-refractivity contribution in [1.82, 2.24) is 14.8 Å². The van der Waals surface area contributed by atoms with E-state index in [1.165, 1.54) is 18.2 Å². The fourth-order valence-corrected chi connectivity index (χ4v) is 4.14. The Morgan fingerprint density at radius 1 is 1.08 bits per heavy atom. The molecule has 3 heterocycles. The molecule has 1 aliphatic rings. The normalized spacial score (nSPS) is 13.1. The second kappa shape index (κ2) is 10.1. The third-order valence-electron chi connectivity index (χ3n) is 5.87. The van der Waals surface area contributed by atoms with Crippen molar-refractivity contribution < 1.29 is 18.7 Å². The van der Waals surface area contributed by atoms with Crippen LogP contribution in [0.15, 0.2) is 67.1 Å². The lowest BCUT2D eigenvalue weighted by Crippen LogP contribution is -2.22. The van der Waals surface area contributed by atoms with Gasteiger partial charge in [0, 0.05) is 61.5 Å². The van der Waals surface area contributed by atoms with Crippen molar-refractivity contribution in [3.05, 3.63) is 78.5 Å². The van der Waals surface area contributed by atoms with E-state index in [0.717, 1.165) is 16.8 Å². The molecule has 2 aromatic heterocycles. The molecule has 188 valence electrons. The highest BCUT2D eigenvalue weighted by Crippen LogP contribution is 2.29. The van der Waals surface area contributed by atoms with E-state index in [9.17, 15) is 14.0 Å². The maximum absolute atomic E-state index is 14.5. The Kier molecular flexibility index (Phi) is 6.55. The third kappa shape index (κ3) is 5.75. The number of aryl methyl sites for hydroxylation is 2. The standard InChI is InChI=1S/C27H25FN6O3/c1-17-9-19(11-20(10-17)34-8-6-21(35)16-34)31-27(36)32-26-13-22(3-4-24(26)28)37-23-5-7-29-25(12-23)18-14-30-33(2)15-18/h3-5,7,9-15H,6,8,16H2,1-2H3,(H2,31,32,36). The maximum atomic E-state index is 14.5. The van der Waals surface area contributed by atoms with E-state index in [2.05, 4.69) is 20.7 Å². The zero-order chi connectivity index (χ0) is 25.9. The molecular weight excluding hydrogens is 475 g/mol. The smallest absolute Gasteiger partial charge is 0.323 e. The zero-order valence-corrected chi connectivity index (χ0v) is 20.4. The summed E-state index contributed by atoms with van der Waals surface area (Å²) >= 11 is 0. The minimum Gasteiger partial charge on any atom is -0.457 e. The number of urea groups is 1. The Bertz CT molecular complexity index is 1480. The van der Waals surface area contributed by atoms with Crippen LogP contribution in [-0.4, -0.2) is 39.7 Å². The van der Waals surface area contributed by atoms with E-state index in [4.69, 9.17) is 4.74 Å². The lowest BCUT2D eigenvalue weighted by molar-refractivity contribution is -0.116. The minimum atomic E-state index is -0.604. The van der Waals surface area contributed by atoms with Crippen molar-refractivity contribution in [2.45, 2.75) is 13.3 Å². The molecule has 1 saturated heterocycles. The number of aromatic nitrogens is 3. The number of halogens is 1. The van der Waals surface area contributed by atoms with Gasteiger partial charge < -0.3 is 20.3 Å². The summed E-state index contributed by atoms with van der Waals surface area (Å²) < 4.78 is 22.1. The molecule has 0 aliphatic carbocycles. The Balaban J connectivity index is 1.28. The van der Waals surface area contributed by atoms with Crippen LogP contribution in [0.25, 0.3) is 11.3 Å². The Morgan fingerprint density at radius 2 is 1.92 bits per heavy atom. The van der Waals surface area contributed by atoms with Gasteiger partial charge in [-0.05, 0) is 48.9 Å². The van der Waals surface area contributed by atoms with Gasteiger partial charge in [0.05, 0.1) is 24.1 Å². The molecule has 0 unspecified atom stereocenters. The second-order valence-corrected chi connectivity index (χ2v) is 8.87. The first-order chi connectivity index (χ1) is 17.8. The molecule has 4 aromatic rings. The minimum absolute atomic E-state index is 0.0328. The van der Waals surface area contributed by atoms with E-state index >= 15 is 0 Å². The molecule has 5 rings (SSSR count). The number of nitrogens with one attached hydrogen (secondary N) is 2. The van der Waals surface area contributed by atoms with Crippen LogP contribution in [0, 0.1) is 12.7 Å². The van der Waals surface area contributed by atoms with Gasteiger partial charge >= 0.3 is 6.03 Å². The molecular formula is C27H25FN6O3. The summed E-state index contributed by atoms with van der Waals surface area (Å²) in [4.78, 5) is 30.7. The molecule has 10 heteroatoms. The largest absolute Gasteiger partial charge is 0.457 e. The zero-order valence-electron chi connectivity index (χ0n) is 20.4. The molecule has 0 spiro atoms. The number of carbonyl (C=O) groups excluding carboxylic acids is 2. The number of amides is 2. The number of pyridine rings is 1. The first-order valence-corrected chi connectivity index (χ1v) is 11.7. The highest BCUT2D eigenvalue weighted by molar-refractivity contribution is 6.00. The molecule has 37 heavy (non-hydrogen) atoms. The summed E-state index contributed by atoms with van der Waals surface area (Å²) in [6.07, 6.45) is 5.67. The predicted octanol–water partition coefficient (Wildman–Crippen LogP) is 5.15. The lowest BCUT2D eigenvalue weighted by atomic mass is 10.2. The summed E-state index contributed by atoms with van der Waals surface area (Å²) in [5.41, 5.74) is 3.80. The van der Waals surface area contributed by atoms with Crippen molar-refractivity contribution in [3.63, 3.8) is 0 Å². The number of carbonyl (C=O) groups is 2. The highest BCUT2D eigenvalue weighted by atomic mass is 19.1. The average molecular weight is 501 g/mol. The summed E-state index contributed by atoms with van der Waals surface area (Å²) in [7, 11) is 1.82. The number of hydrogen-bond acceptors (Lipinski definition) is 6. The number of anilines is 3. The van der Waals surface area contributed by atoms with E-state index in [-0.39, 0.29) is 11.5 Å². The van der Waals surface area contributed by atoms with Crippen LogP contribution in [-0.2, 0) is 11.8 Å². The number of rotatable bonds is 6. The van der Waals surface area contributed by atoms with Crippen LogP contribution in [0.1, 0.15) is 12.0 Å². The van der Waals surface area contributed by atoms with E-state index in [1.807, 2.05) is 31.1 Å². The van der Waals surface area contributed by atoms with Crippen LogP contribution >= 0.6 is 0 Å². The maximum Gasteiger partial charge on any atom is 0.323 e. The number of benzene rings is 2. The third-order valence-corrected chi connectivity index (χ3v) is 5.87. The Labute approximate surface area is 212 Å². The molecule has 0 bridgehead atoms. The van der Waals surface area contributed by atoms with Gasteiger partial charge in [0.1, 0.15) is 17.3 Å².